The van der Waals surface area contributed by atoms with E-state index in [0.29, 0.717) is 11.3 Å². The van der Waals surface area contributed by atoms with Gasteiger partial charge in [-0.25, -0.2) is 0 Å². The second-order valence-corrected chi connectivity index (χ2v) is 5.20. The zero-order valence-electron chi connectivity index (χ0n) is 11.4. The minimum Gasteiger partial charge on any atom is -0.398 e. The lowest BCUT2D eigenvalue weighted by molar-refractivity contribution is 0.0725. The quantitative estimate of drug-likeness (QED) is 0.815. The second kappa shape index (κ2) is 6.06. The van der Waals surface area contributed by atoms with Gasteiger partial charge in [-0.05, 0) is 44.2 Å². The maximum Gasteiger partial charge on any atom is 0.256 e. The highest BCUT2D eigenvalue weighted by atomic mass is 16.3. The Morgan fingerprint density at radius 1 is 1.53 bits per heavy atom. The molecule has 0 saturated carbocycles. The Kier molecular flexibility index (Phi) is 4.43. The molecule has 2 rings (SSSR count). The number of aliphatic hydroxyl groups is 1. The number of nitrogens with zero attached hydrogens (tertiary/aromatic N) is 1. The van der Waals surface area contributed by atoms with E-state index >= 15 is 0 Å². The summed E-state index contributed by atoms with van der Waals surface area (Å²) in [6, 6.07) is 5.84. The molecule has 0 bridgehead atoms. The number of para-hydroxylation sites is 1. The minimum atomic E-state index is 0.0293. The molecule has 3 N–H and O–H groups in total. The van der Waals surface area contributed by atoms with Crippen molar-refractivity contribution in [3.05, 3.63) is 29.3 Å². The van der Waals surface area contributed by atoms with Gasteiger partial charge in [-0.15, -0.1) is 0 Å². The molecule has 0 radical (unpaired) electrons. The van der Waals surface area contributed by atoms with Crippen LogP contribution in [0, 0.1) is 6.92 Å². The number of carbonyl (C=O) groups excluding carboxylic acids is 1. The fourth-order valence-corrected chi connectivity index (χ4v) is 2.75. The summed E-state index contributed by atoms with van der Waals surface area (Å²) in [5.74, 6) is 0.0293. The normalized spacial score (nSPS) is 18.8. The van der Waals surface area contributed by atoms with Crippen LogP contribution in [-0.4, -0.2) is 35.1 Å². The summed E-state index contributed by atoms with van der Waals surface area (Å²) in [6.07, 6.45) is 3.68. The highest BCUT2D eigenvalue weighted by Crippen LogP contribution is 2.26. The average molecular weight is 262 g/mol. The monoisotopic (exact) mass is 262 g/mol. The maximum absolute atomic E-state index is 12.6. The van der Waals surface area contributed by atoms with E-state index in [1.807, 2.05) is 24.0 Å². The number of anilines is 1. The number of carbonyl (C=O) groups is 1. The second-order valence-electron chi connectivity index (χ2n) is 5.20. The van der Waals surface area contributed by atoms with Crippen molar-refractivity contribution in [2.24, 2.45) is 0 Å². The Bertz CT molecular complexity index is 459. The number of aliphatic hydroxyl groups excluding tert-OH is 1. The molecule has 4 heteroatoms. The van der Waals surface area contributed by atoms with Crippen molar-refractivity contribution in [1.82, 2.24) is 4.90 Å². The van der Waals surface area contributed by atoms with E-state index in [1.54, 1.807) is 6.07 Å². The van der Waals surface area contributed by atoms with E-state index in [-0.39, 0.29) is 18.6 Å². The first-order valence-electron chi connectivity index (χ1n) is 6.92. The van der Waals surface area contributed by atoms with Gasteiger partial charge in [-0.2, -0.15) is 0 Å². The van der Waals surface area contributed by atoms with Gasteiger partial charge in [0.05, 0.1) is 5.56 Å². The third-order valence-electron chi connectivity index (χ3n) is 3.89. The molecule has 19 heavy (non-hydrogen) atoms. The molecule has 1 aliphatic rings. The third kappa shape index (κ3) is 2.89. The number of rotatable bonds is 4. The zero-order valence-corrected chi connectivity index (χ0v) is 11.4. The van der Waals surface area contributed by atoms with Crippen LogP contribution >= 0.6 is 0 Å². The molecule has 0 aliphatic carbocycles. The number of hydrogen-bond donors (Lipinski definition) is 2. The topological polar surface area (TPSA) is 66.6 Å². The van der Waals surface area contributed by atoms with Crippen LogP contribution in [0.3, 0.4) is 0 Å². The summed E-state index contributed by atoms with van der Waals surface area (Å²) < 4.78 is 0. The predicted molar refractivity (Wildman–Crippen MR) is 76.0 cm³/mol. The van der Waals surface area contributed by atoms with Crippen molar-refractivity contribution >= 4 is 11.6 Å². The SMILES string of the molecule is Cc1cccc(C(=O)N2CCCC2CCCO)c1N. The van der Waals surface area contributed by atoms with Crippen molar-refractivity contribution in [1.29, 1.82) is 0 Å². The minimum absolute atomic E-state index is 0.0293. The zero-order chi connectivity index (χ0) is 13.8. The van der Waals surface area contributed by atoms with Gasteiger partial charge >= 0.3 is 0 Å². The van der Waals surface area contributed by atoms with E-state index in [9.17, 15) is 4.79 Å². The molecule has 4 nitrogen and oxygen atoms in total. The average Bonchev–Trinajstić information content (AvgIpc) is 2.87. The van der Waals surface area contributed by atoms with Crippen LogP contribution in [0.1, 0.15) is 41.6 Å². The van der Waals surface area contributed by atoms with Crippen molar-refractivity contribution in [3.63, 3.8) is 0 Å². The summed E-state index contributed by atoms with van der Waals surface area (Å²) in [4.78, 5) is 14.5. The number of hydrogen-bond acceptors (Lipinski definition) is 3. The molecule has 104 valence electrons. The lowest BCUT2D eigenvalue weighted by Crippen LogP contribution is -2.36. The number of aryl methyl sites for hydroxylation is 1. The fraction of sp³-hybridized carbons (Fsp3) is 0.533. The van der Waals surface area contributed by atoms with Crippen molar-refractivity contribution in [2.75, 3.05) is 18.9 Å². The lowest BCUT2D eigenvalue weighted by Gasteiger charge is -2.25. The molecule has 1 aliphatic heterocycles. The molecular weight excluding hydrogens is 240 g/mol. The summed E-state index contributed by atoms with van der Waals surface area (Å²) in [6.45, 7) is 2.90. The lowest BCUT2D eigenvalue weighted by atomic mass is 10.1. The summed E-state index contributed by atoms with van der Waals surface area (Å²) in [5.41, 5.74) is 8.14. The van der Waals surface area contributed by atoms with Gasteiger partial charge in [-0.3, -0.25) is 4.79 Å². The standard InChI is InChI=1S/C15H22N2O2/c1-11-5-2-8-13(14(11)16)15(19)17-9-3-6-12(17)7-4-10-18/h2,5,8,12,18H,3-4,6-7,9-10,16H2,1H3. The molecule has 0 aromatic heterocycles. The van der Waals surface area contributed by atoms with Crippen LogP contribution in [-0.2, 0) is 0 Å². The highest BCUT2D eigenvalue weighted by molar-refractivity contribution is 6.00. The summed E-state index contributed by atoms with van der Waals surface area (Å²) in [5, 5.41) is 8.93. The van der Waals surface area contributed by atoms with Gasteiger partial charge < -0.3 is 15.7 Å². The number of nitrogens with two attached hydrogens (primary N) is 1. The van der Waals surface area contributed by atoms with Crippen LogP contribution in [0.5, 0.6) is 0 Å². The molecule has 1 saturated heterocycles. The Morgan fingerprint density at radius 3 is 3.05 bits per heavy atom. The Balaban J connectivity index is 2.16. The summed E-state index contributed by atoms with van der Waals surface area (Å²) >= 11 is 0. The molecule has 1 aromatic rings. The first-order chi connectivity index (χ1) is 9.15. The van der Waals surface area contributed by atoms with E-state index in [0.717, 1.165) is 37.8 Å². The van der Waals surface area contributed by atoms with Gasteiger partial charge in [0.15, 0.2) is 0 Å². The molecule has 1 heterocycles. The first-order valence-corrected chi connectivity index (χ1v) is 6.92. The van der Waals surface area contributed by atoms with Crippen LogP contribution < -0.4 is 5.73 Å². The molecular formula is C15H22N2O2. The van der Waals surface area contributed by atoms with Gasteiger partial charge in [0.25, 0.3) is 5.91 Å². The van der Waals surface area contributed by atoms with E-state index < -0.39 is 0 Å². The molecule has 0 spiro atoms. The van der Waals surface area contributed by atoms with Gasteiger partial charge in [0, 0.05) is 24.9 Å². The number of nitrogen functional groups attached to an aromatic ring is 1. The molecule has 1 aromatic carbocycles. The van der Waals surface area contributed by atoms with E-state index in [1.165, 1.54) is 0 Å². The largest absolute Gasteiger partial charge is 0.398 e. The number of amides is 1. The third-order valence-corrected chi connectivity index (χ3v) is 3.89. The fourth-order valence-electron chi connectivity index (χ4n) is 2.75. The predicted octanol–water partition coefficient (Wildman–Crippen LogP) is 1.95. The van der Waals surface area contributed by atoms with E-state index in [2.05, 4.69) is 0 Å². The molecule has 1 unspecified atom stereocenters. The molecule has 1 atom stereocenters. The van der Waals surface area contributed by atoms with Crippen LogP contribution in [0.2, 0.25) is 0 Å². The van der Waals surface area contributed by atoms with Crippen molar-refractivity contribution in [3.8, 4) is 0 Å². The molecule has 1 fully saturated rings. The first kappa shape index (κ1) is 13.9. The van der Waals surface area contributed by atoms with Gasteiger partial charge in [0.2, 0.25) is 0 Å². The van der Waals surface area contributed by atoms with Crippen molar-refractivity contribution in [2.45, 2.75) is 38.6 Å². The summed E-state index contributed by atoms with van der Waals surface area (Å²) in [7, 11) is 0. The molecule has 1 amide bonds. The van der Waals surface area contributed by atoms with Crippen LogP contribution in [0.4, 0.5) is 5.69 Å². The Morgan fingerprint density at radius 2 is 2.32 bits per heavy atom. The van der Waals surface area contributed by atoms with Gasteiger partial charge in [-0.1, -0.05) is 12.1 Å². The number of likely N-dealkylation sites (tertiary alicyclic amines) is 1. The van der Waals surface area contributed by atoms with E-state index in [4.69, 9.17) is 10.8 Å². The Hall–Kier alpha value is -1.55. The Labute approximate surface area is 114 Å². The number of benzene rings is 1. The van der Waals surface area contributed by atoms with Crippen molar-refractivity contribution < 1.29 is 9.90 Å². The van der Waals surface area contributed by atoms with Crippen LogP contribution in [0.15, 0.2) is 18.2 Å². The smallest absolute Gasteiger partial charge is 0.256 e. The van der Waals surface area contributed by atoms with Crippen LogP contribution in [0.25, 0.3) is 0 Å². The highest BCUT2D eigenvalue weighted by Gasteiger charge is 2.29. The maximum atomic E-state index is 12.6. The van der Waals surface area contributed by atoms with Gasteiger partial charge in [0.1, 0.15) is 0 Å².